The average molecular weight is 1130 g/mol. The number of hydrogen-bond donors (Lipinski definition) is 13. The topological polar surface area (TPSA) is 379 Å². The third kappa shape index (κ3) is 25.9. The van der Waals surface area contributed by atoms with Crippen LogP contribution < -0.4 is 48.7 Å². The molecule has 0 bridgehead atoms. The summed E-state index contributed by atoms with van der Waals surface area (Å²) in [5.41, 5.74) is 15.0. The summed E-state index contributed by atoms with van der Waals surface area (Å²) in [5, 5.41) is 58.5. The number of phenolic OH excluding ortho intramolecular Hbond substituents is 1. The number of hydrogen-bond acceptors (Lipinski definition) is 17. The number of aliphatic imine (C=N–C) groups is 1. The lowest BCUT2D eigenvalue weighted by Crippen LogP contribution is -2.54. The van der Waals surface area contributed by atoms with Gasteiger partial charge in [0.15, 0.2) is 12.2 Å². The van der Waals surface area contributed by atoms with Crippen LogP contribution in [0.25, 0.3) is 0 Å². The number of carbonyl (C=O) groups is 8. The summed E-state index contributed by atoms with van der Waals surface area (Å²) in [4.78, 5) is 111. The van der Waals surface area contributed by atoms with Crippen molar-refractivity contribution in [2.45, 2.75) is 76.2 Å². The number of urea groups is 1. The van der Waals surface area contributed by atoms with Crippen LogP contribution in [-0.4, -0.2) is 217 Å². The van der Waals surface area contributed by atoms with E-state index in [9.17, 15) is 58.8 Å². The molecule has 1 heterocycles. The van der Waals surface area contributed by atoms with Crippen LogP contribution in [0.2, 0.25) is 0 Å². The number of nitrogens with two attached hydrogens (primary N) is 2. The Morgan fingerprint density at radius 3 is 1.79 bits per heavy atom. The Labute approximate surface area is 472 Å². The van der Waals surface area contributed by atoms with Gasteiger partial charge in [-0.1, -0.05) is 61.0 Å². The number of phenols is 1. The van der Waals surface area contributed by atoms with Gasteiger partial charge >= 0.3 is 23.9 Å². The molecule has 0 aliphatic carbocycles. The van der Waals surface area contributed by atoms with Gasteiger partial charge in [0.25, 0.3) is 0 Å². The fourth-order valence-corrected chi connectivity index (χ4v) is 8.92. The second-order valence-corrected chi connectivity index (χ2v) is 19.6. The quantitative estimate of drug-likeness (QED) is 0.0166. The van der Waals surface area contributed by atoms with Gasteiger partial charge in [0.1, 0.15) is 18.0 Å². The van der Waals surface area contributed by atoms with E-state index in [1.54, 1.807) is 33.8 Å². The number of guanidine groups is 1. The first-order valence-electron chi connectivity index (χ1n) is 27.3. The SMILES string of the molecule is CCNC(=O)NC(N)=NCCC[C@@H](NC(=O)C(c1ccccc1)c1ccc(NCCCNC(=O)[C@H](N)CCCCNC(C=O)N2CCN(CC(=O)O)CCN(CC(=O)O)CCN(CC(=O)O)CC2)cc1)C(=O)NCc1ccc(O)cc1. The molecule has 3 aromatic rings. The van der Waals surface area contributed by atoms with Crippen molar-refractivity contribution >= 4 is 59.6 Å². The minimum absolute atomic E-state index is 0.0832. The largest absolute Gasteiger partial charge is 0.508 e. The standard InChI is InChI=1S/C55H82N14O12/c1-2-58-55(81)65-54(57)62-23-8-13-45(52(79)63-34-39-14-20-43(71)21-15-39)64-53(80)50(40-10-4-3-5-11-40)41-16-18-42(19-17-41)59-24-9-25-61-51(78)44(56)12-6-7-22-60-46(38-70)69-32-30-67(36-48(74)75)28-26-66(35-47(72)73)27-29-68(31-33-69)37-49(76)77/h3-5,10-11,14-21,38,44-46,50,59-60,71H,2,6-9,12-13,22-37,56H2,1H3,(H,61,78)(H,63,79)(H,64,80)(H,72,73)(H,74,75)(H,76,77)(H4,57,58,62,65,81)/t44-,45-,46?,50?/m1/s1. The van der Waals surface area contributed by atoms with Gasteiger partial charge in [0, 0.05) is 90.8 Å². The second kappa shape index (κ2) is 36.5. The summed E-state index contributed by atoms with van der Waals surface area (Å²) < 4.78 is 0. The summed E-state index contributed by atoms with van der Waals surface area (Å²) in [7, 11) is 0. The molecular weight excluding hydrogens is 1050 g/mol. The van der Waals surface area contributed by atoms with Crippen LogP contribution in [0, 0.1) is 0 Å². The van der Waals surface area contributed by atoms with Crippen molar-refractivity contribution in [2.75, 3.05) is 110 Å². The lowest BCUT2D eigenvalue weighted by Gasteiger charge is -2.35. The zero-order valence-corrected chi connectivity index (χ0v) is 46.1. The second-order valence-electron chi connectivity index (χ2n) is 19.6. The third-order valence-electron chi connectivity index (χ3n) is 13.3. The van der Waals surface area contributed by atoms with E-state index in [1.165, 1.54) is 12.1 Å². The molecule has 444 valence electrons. The minimum Gasteiger partial charge on any atom is -0.508 e. The molecular formula is C55H82N14O12. The number of amides is 5. The number of aromatic hydroxyl groups is 1. The fourth-order valence-electron chi connectivity index (χ4n) is 8.92. The maximum Gasteiger partial charge on any atom is 0.321 e. The number of unbranched alkanes of at least 4 members (excludes halogenated alkanes) is 1. The van der Waals surface area contributed by atoms with E-state index >= 15 is 0 Å². The van der Waals surface area contributed by atoms with Gasteiger partial charge in [0.2, 0.25) is 17.7 Å². The van der Waals surface area contributed by atoms with E-state index in [2.05, 4.69) is 42.2 Å². The van der Waals surface area contributed by atoms with Crippen LogP contribution in [0.3, 0.4) is 0 Å². The van der Waals surface area contributed by atoms with E-state index in [0.29, 0.717) is 69.4 Å². The van der Waals surface area contributed by atoms with Gasteiger partial charge in [0.05, 0.1) is 31.6 Å². The molecule has 5 amide bonds. The summed E-state index contributed by atoms with van der Waals surface area (Å²) in [6.45, 7) is 5.05. The normalized spacial score (nSPS) is 15.8. The van der Waals surface area contributed by atoms with Crippen molar-refractivity contribution in [1.82, 2.24) is 51.5 Å². The van der Waals surface area contributed by atoms with Crippen LogP contribution in [0.15, 0.2) is 83.9 Å². The van der Waals surface area contributed by atoms with Crippen LogP contribution >= 0.6 is 0 Å². The first-order chi connectivity index (χ1) is 38.9. The number of benzene rings is 3. The van der Waals surface area contributed by atoms with Gasteiger partial charge in [-0.25, -0.2) is 4.79 Å². The van der Waals surface area contributed by atoms with Crippen LogP contribution in [-0.2, 0) is 40.1 Å². The van der Waals surface area contributed by atoms with Crippen molar-refractivity contribution < 1.29 is 58.8 Å². The Balaban J connectivity index is 1.25. The molecule has 1 fully saturated rings. The van der Waals surface area contributed by atoms with Gasteiger partial charge < -0.3 is 63.3 Å². The summed E-state index contributed by atoms with van der Waals surface area (Å²) in [5.74, 6) is -5.04. The molecule has 2 unspecified atom stereocenters. The zero-order chi connectivity index (χ0) is 58.9. The number of carboxylic acid groups (broad SMARTS) is 3. The number of anilines is 1. The molecule has 81 heavy (non-hydrogen) atoms. The van der Waals surface area contributed by atoms with Crippen LogP contribution in [0.1, 0.15) is 68.1 Å². The monoisotopic (exact) mass is 1130 g/mol. The number of carbonyl (C=O) groups excluding carboxylic acids is 5. The molecule has 1 aliphatic heterocycles. The number of aliphatic carboxylic acids is 3. The van der Waals surface area contributed by atoms with E-state index in [-0.39, 0.29) is 109 Å². The highest BCUT2D eigenvalue weighted by atomic mass is 16.4. The van der Waals surface area contributed by atoms with Gasteiger partial charge in [-0.05, 0) is 86.5 Å². The van der Waals surface area contributed by atoms with Crippen LogP contribution in [0.4, 0.5) is 10.5 Å². The maximum atomic E-state index is 14.3. The number of nitrogens with one attached hydrogen (secondary N) is 7. The number of carboxylic acids is 3. The number of aldehydes is 1. The third-order valence-corrected chi connectivity index (χ3v) is 13.3. The molecule has 15 N–H and O–H groups in total. The fraction of sp³-hybridized carbons (Fsp3) is 0.509. The molecule has 1 saturated heterocycles. The van der Waals surface area contributed by atoms with E-state index in [0.717, 1.165) is 17.5 Å². The lowest BCUT2D eigenvalue weighted by molar-refractivity contribution is -0.140. The van der Waals surface area contributed by atoms with Crippen LogP contribution in [0.5, 0.6) is 5.75 Å². The Bertz CT molecular complexity index is 2440. The lowest BCUT2D eigenvalue weighted by atomic mass is 9.90. The molecule has 1 aliphatic rings. The van der Waals surface area contributed by atoms with E-state index < -0.39 is 59.9 Å². The van der Waals surface area contributed by atoms with Gasteiger partial charge in [-0.2, -0.15) is 0 Å². The first kappa shape index (κ1) is 65.8. The summed E-state index contributed by atoms with van der Waals surface area (Å²) in [6, 6.07) is 20.7. The predicted octanol–water partition coefficient (Wildman–Crippen LogP) is -0.255. The number of rotatable bonds is 32. The smallest absolute Gasteiger partial charge is 0.321 e. The zero-order valence-electron chi connectivity index (χ0n) is 46.1. The van der Waals surface area contributed by atoms with Gasteiger partial charge in [-0.3, -0.25) is 64.0 Å². The Kier molecular flexibility index (Phi) is 29.6. The molecule has 26 heteroatoms. The molecule has 0 saturated carbocycles. The molecule has 0 spiro atoms. The van der Waals surface area contributed by atoms with E-state index in [1.807, 2.05) is 59.5 Å². The molecule has 4 atom stereocenters. The van der Waals surface area contributed by atoms with Crippen molar-refractivity contribution in [2.24, 2.45) is 16.5 Å². The molecule has 0 radical (unpaired) electrons. The van der Waals surface area contributed by atoms with Crippen molar-refractivity contribution in [3.63, 3.8) is 0 Å². The van der Waals surface area contributed by atoms with Crippen molar-refractivity contribution in [1.29, 1.82) is 0 Å². The highest BCUT2D eigenvalue weighted by Crippen LogP contribution is 2.27. The van der Waals surface area contributed by atoms with Crippen molar-refractivity contribution in [3.8, 4) is 5.75 Å². The van der Waals surface area contributed by atoms with Crippen molar-refractivity contribution in [3.05, 3.63) is 95.6 Å². The average Bonchev–Trinajstić information content (AvgIpc) is 3.42. The molecule has 3 aromatic carbocycles. The minimum atomic E-state index is -1.05. The highest BCUT2D eigenvalue weighted by Gasteiger charge is 2.29. The predicted molar refractivity (Wildman–Crippen MR) is 304 cm³/mol. The molecule has 4 rings (SSSR count). The summed E-state index contributed by atoms with van der Waals surface area (Å²) in [6.07, 6.45) is 2.66. The molecule has 26 nitrogen and oxygen atoms in total. The number of nitrogens with zero attached hydrogens (tertiary/aromatic N) is 5. The van der Waals surface area contributed by atoms with Gasteiger partial charge in [-0.15, -0.1) is 0 Å². The Morgan fingerprint density at radius 2 is 1.22 bits per heavy atom. The summed E-state index contributed by atoms with van der Waals surface area (Å²) >= 11 is 0. The first-order valence-corrected chi connectivity index (χ1v) is 27.3. The Morgan fingerprint density at radius 1 is 0.642 bits per heavy atom. The highest BCUT2D eigenvalue weighted by molar-refractivity contribution is 5.95. The maximum absolute atomic E-state index is 14.3. The molecule has 0 aromatic heterocycles. The van der Waals surface area contributed by atoms with E-state index in [4.69, 9.17) is 11.5 Å². The Hall–Kier alpha value is -7.75.